The van der Waals surface area contributed by atoms with Crippen molar-refractivity contribution in [2.24, 2.45) is 11.7 Å². The zero-order chi connectivity index (χ0) is 13.2. The van der Waals surface area contributed by atoms with E-state index in [2.05, 4.69) is 20.9 Å². The minimum atomic E-state index is -2.50. The number of nitrogens with two attached hydrogens (primary N) is 1. The molecular weight excluding hydrogens is 302 g/mol. The van der Waals surface area contributed by atoms with Crippen LogP contribution in [0.3, 0.4) is 0 Å². The SMILES string of the molecule is NC(CC1CCCC(F)(F)C1)c1ccc(Br)cn1. The van der Waals surface area contributed by atoms with Gasteiger partial charge in [0.1, 0.15) is 0 Å². The topological polar surface area (TPSA) is 38.9 Å². The molecule has 0 radical (unpaired) electrons. The predicted molar refractivity (Wildman–Crippen MR) is 70.4 cm³/mol. The van der Waals surface area contributed by atoms with Crippen LogP contribution in [0.5, 0.6) is 0 Å². The second-order valence-electron chi connectivity index (χ2n) is 5.06. The first kappa shape index (κ1) is 13.9. The molecule has 0 spiro atoms. The van der Waals surface area contributed by atoms with E-state index in [4.69, 9.17) is 5.73 Å². The highest BCUT2D eigenvalue weighted by molar-refractivity contribution is 9.10. The van der Waals surface area contributed by atoms with Gasteiger partial charge in [-0.2, -0.15) is 0 Å². The molecule has 2 unspecified atom stereocenters. The lowest BCUT2D eigenvalue weighted by Crippen LogP contribution is -2.28. The van der Waals surface area contributed by atoms with Gasteiger partial charge < -0.3 is 5.73 Å². The molecule has 2 nitrogen and oxygen atoms in total. The summed E-state index contributed by atoms with van der Waals surface area (Å²) in [7, 11) is 0. The molecule has 1 fully saturated rings. The second-order valence-corrected chi connectivity index (χ2v) is 5.98. The van der Waals surface area contributed by atoms with E-state index in [1.807, 2.05) is 12.1 Å². The van der Waals surface area contributed by atoms with Crippen molar-refractivity contribution in [3.63, 3.8) is 0 Å². The molecule has 1 aliphatic rings. The summed E-state index contributed by atoms with van der Waals surface area (Å²) in [6.45, 7) is 0. The summed E-state index contributed by atoms with van der Waals surface area (Å²) in [6.07, 6.45) is 3.71. The third-order valence-electron chi connectivity index (χ3n) is 3.46. The Labute approximate surface area is 114 Å². The lowest BCUT2D eigenvalue weighted by molar-refractivity contribution is -0.0544. The van der Waals surface area contributed by atoms with Gasteiger partial charge in [-0.25, -0.2) is 8.78 Å². The van der Waals surface area contributed by atoms with Crippen molar-refractivity contribution in [2.45, 2.75) is 44.1 Å². The monoisotopic (exact) mass is 318 g/mol. The number of hydrogen-bond acceptors (Lipinski definition) is 2. The molecule has 5 heteroatoms. The largest absolute Gasteiger partial charge is 0.323 e. The van der Waals surface area contributed by atoms with Crippen LogP contribution in [0.2, 0.25) is 0 Å². The first-order valence-corrected chi connectivity index (χ1v) is 7.00. The van der Waals surface area contributed by atoms with Gasteiger partial charge in [-0.05, 0) is 53.2 Å². The molecule has 0 bridgehead atoms. The average molecular weight is 319 g/mol. The molecule has 2 rings (SSSR count). The van der Waals surface area contributed by atoms with E-state index in [0.29, 0.717) is 12.8 Å². The van der Waals surface area contributed by atoms with Gasteiger partial charge in [-0.3, -0.25) is 4.98 Å². The Bertz CT molecular complexity index is 394. The molecule has 1 heterocycles. The first-order valence-electron chi connectivity index (χ1n) is 6.21. The van der Waals surface area contributed by atoms with E-state index >= 15 is 0 Å². The molecule has 1 saturated carbocycles. The van der Waals surface area contributed by atoms with Crippen molar-refractivity contribution in [3.8, 4) is 0 Å². The molecule has 0 aromatic carbocycles. The quantitative estimate of drug-likeness (QED) is 0.912. The Morgan fingerprint density at radius 1 is 1.50 bits per heavy atom. The summed E-state index contributed by atoms with van der Waals surface area (Å²) in [4.78, 5) is 4.22. The van der Waals surface area contributed by atoms with Gasteiger partial charge in [0.25, 0.3) is 0 Å². The number of nitrogens with zero attached hydrogens (tertiary/aromatic N) is 1. The van der Waals surface area contributed by atoms with Gasteiger partial charge in [0.05, 0.1) is 5.69 Å². The van der Waals surface area contributed by atoms with Crippen LogP contribution in [0.4, 0.5) is 8.78 Å². The maximum Gasteiger partial charge on any atom is 0.248 e. The van der Waals surface area contributed by atoms with Crippen molar-refractivity contribution in [1.29, 1.82) is 0 Å². The molecular formula is C13H17BrF2N2. The molecule has 1 aromatic rings. The van der Waals surface area contributed by atoms with Crippen LogP contribution in [0, 0.1) is 5.92 Å². The van der Waals surface area contributed by atoms with Crippen LogP contribution in [0.1, 0.15) is 43.8 Å². The fourth-order valence-electron chi connectivity index (χ4n) is 2.56. The molecule has 1 aliphatic carbocycles. The summed E-state index contributed by atoms with van der Waals surface area (Å²) in [6, 6.07) is 3.46. The summed E-state index contributed by atoms with van der Waals surface area (Å²) in [5.74, 6) is -2.50. The first-order chi connectivity index (χ1) is 8.46. The van der Waals surface area contributed by atoms with Crippen LogP contribution in [-0.4, -0.2) is 10.9 Å². The predicted octanol–water partition coefficient (Wildman–Crippen LogP) is 4.06. The number of alkyl halides is 2. The molecule has 100 valence electrons. The molecule has 2 atom stereocenters. The Kier molecular flexibility index (Phi) is 4.33. The van der Waals surface area contributed by atoms with Crippen LogP contribution in [0.15, 0.2) is 22.8 Å². The zero-order valence-electron chi connectivity index (χ0n) is 10.1. The minimum Gasteiger partial charge on any atom is -0.323 e. The van der Waals surface area contributed by atoms with Crippen molar-refractivity contribution >= 4 is 15.9 Å². The lowest BCUT2D eigenvalue weighted by Gasteiger charge is -2.30. The van der Waals surface area contributed by atoms with E-state index in [0.717, 1.165) is 16.6 Å². The van der Waals surface area contributed by atoms with Crippen LogP contribution >= 0.6 is 15.9 Å². The molecule has 2 N–H and O–H groups in total. The molecule has 0 amide bonds. The van der Waals surface area contributed by atoms with Gasteiger partial charge in [-0.15, -0.1) is 0 Å². The van der Waals surface area contributed by atoms with Gasteiger partial charge in [0, 0.05) is 29.6 Å². The Hall–Kier alpha value is -0.550. The smallest absolute Gasteiger partial charge is 0.248 e. The van der Waals surface area contributed by atoms with E-state index in [9.17, 15) is 8.78 Å². The van der Waals surface area contributed by atoms with E-state index in [1.165, 1.54) is 0 Å². The maximum absolute atomic E-state index is 13.3. The van der Waals surface area contributed by atoms with Crippen molar-refractivity contribution in [1.82, 2.24) is 4.98 Å². The Morgan fingerprint density at radius 2 is 2.28 bits per heavy atom. The number of pyridine rings is 1. The number of hydrogen-bond donors (Lipinski definition) is 1. The highest BCUT2D eigenvalue weighted by Crippen LogP contribution is 2.39. The van der Waals surface area contributed by atoms with E-state index in [1.54, 1.807) is 6.20 Å². The van der Waals surface area contributed by atoms with Gasteiger partial charge in [-0.1, -0.05) is 0 Å². The highest BCUT2D eigenvalue weighted by atomic mass is 79.9. The number of rotatable bonds is 3. The summed E-state index contributed by atoms with van der Waals surface area (Å²) in [5, 5.41) is 0. The van der Waals surface area contributed by atoms with Crippen molar-refractivity contribution in [3.05, 3.63) is 28.5 Å². The normalized spacial score (nSPS) is 24.8. The fraction of sp³-hybridized carbons (Fsp3) is 0.615. The number of aromatic nitrogens is 1. The molecule has 0 saturated heterocycles. The van der Waals surface area contributed by atoms with Gasteiger partial charge in [0.2, 0.25) is 5.92 Å². The van der Waals surface area contributed by atoms with Gasteiger partial charge >= 0.3 is 0 Å². The average Bonchev–Trinajstić information content (AvgIpc) is 2.28. The van der Waals surface area contributed by atoms with Crippen LogP contribution in [-0.2, 0) is 0 Å². The van der Waals surface area contributed by atoms with Crippen LogP contribution < -0.4 is 5.73 Å². The minimum absolute atomic E-state index is 0.00852. The highest BCUT2D eigenvalue weighted by Gasteiger charge is 2.36. The zero-order valence-corrected chi connectivity index (χ0v) is 11.7. The Morgan fingerprint density at radius 3 is 2.89 bits per heavy atom. The molecule has 18 heavy (non-hydrogen) atoms. The molecule has 0 aliphatic heterocycles. The summed E-state index contributed by atoms with van der Waals surface area (Å²) >= 11 is 3.31. The number of halogens is 3. The second kappa shape index (κ2) is 5.61. The maximum atomic E-state index is 13.3. The third kappa shape index (κ3) is 3.72. The van der Waals surface area contributed by atoms with Gasteiger partial charge in [0.15, 0.2) is 0 Å². The fourth-order valence-corrected chi connectivity index (χ4v) is 2.80. The van der Waals surface area contributed by atoms with Crippen LogP contribution in [0.25, 0.3) is 0 Å². The van der Waals surface area contributed by atoms with Crippen molar-refractivity contribution < 1.29 is 8.78 Å². The van der Waals surface area contributed by atoms with Crippen molar-refractivity contribution in [2.75, 3.05) is 0 Å². The Balaban J connectivity index is 1.94. The third-order valence-corrected chi connectivity index (χ3v) is 3.93. The lowest BCUT2D eigenvalue weighted by atomic mass is 9.82. The standard InChI is InChI=1S/C13H17BrF2N2/c14-10-3-4-12(18-8-10)11(17)6-9-2-1-5-13(15,16)7-9/h3-4,8-9,11H,1-2,5-7,17H2. The van der Waals surface area contributed by atoms with E-state index < -0.39 is 5.92 Å². The molecule has 1 aromatic heterocycles. The summed E-state index contributed by atoms with van der Waals surface area (Å²) < 4.78 is 27.5. The van der Waals surface area contributed by atoms with E-state index in [-0.39, 0.29) is 24.8 Å². The summed E-state index contributed by atoms with van der Waals surface area (Å²) in [5.41, 5.74) is 6.81.